The van der Waals surface area contributed by atoms with E-state index in [2.05, 4.69) is 10.2 Å². The first-order valence-electron chi connectivity index (χ1n) is 12.0. The fourth-order valence-corrected chi connectivity index (χ4v) is 5.12. The number of unbranched alkanes of at least 4 members (excludes halogenated alkanes) is 2. The molecule has 6 nitrogen and oxygen atoms in total. The van der Waals surface area contributed by atoms with Gasteiger partial charge in [-0.1, -0.05) is 67.1 Å². The van der Waals surface area contributed by atoms with Gasteiger partial charge in [-0.15, -0.1) is 0 Å². The molecule has 1 fully saturated rings. The SMILES string of the molecule is CN(C)CC(=O)NCCCCCN1CC[C@@H](C(C(N)=O)(c2ccccc2)c2ccccc2)C1. The van der Waals surface area contributed by atoms with Gasteiger partial charge in [0.15, 0.2) is 0 Å². The lowest BCUT2D eigenvalue weighted by molar-refractivity contribution is -0.124. The van der Waals surface area contributed by atoms with Crippen molar-refractivity contribution >= 4 is 11.8 Å². The smallest absolute Gasteiger partial charge is 0.234 e. The highest BCUT2D eigenvalue weighted by atomic mass is 16.2. The van der Waals surface area contributed by atoms with E-state index in [1.807, 2.05) is 79.7 Å². The third kappa shape index (κ3) is 6.21. The molecule has 0 aliphatic carbocycles. The monoisotopic (exact) mass is 450 g/mol. The Morgan fingerprint density at radius 2 is 1.61 bits per heavy atom. The van der Waals surface area contributed by atoms with Crippen LogP contribution in [0.2, 0.25) is 0 Å². The van der Waals surface area contributed by atoms with Crippen LogP contribution < -0.4 is 11.1 Å². The molecule has 3 rings (SSSR count). The Kier molecular flexibility index (Phi) is 9.03. The Hall–Kier alpha value is -2.70. The van der Waals surface area contributed by atoms with Crippen LogP contribution in [-0.4, -0.2) is 68.4 Å². The second-order valence-electron chi connectivity index (χ2n) is 9.34. The Bertz CT molecular complexity index is 846. The number of carbonyl (C=O) groups excluding carboxylic acids is 2. The lowest BCUT2D eigenvalue weighted by Crippen LogP contribution is -2.49. The fraction of sp³-hybridized carbons (Fsp3) is 0.481. The first-order chi connectivity index (χ1) is 15.9. The van der Waals surface area contributed by atoms with Gasteiger partial charge in [0.05, 0.1) is 6.54 Å². The molecule has 0 unspecified atom stereocenters. The van der Waals surface area contributed by atoms with Crippen LogP contribution in [-0.2, 0) is 15.0 Å². The van der Waals surface area contributed by atoms with Crippen LogP contribution in [0.3, 0.4) is 0 Å². The van der Waals surface area contributed by atoms with E-state index >= 15 is 0 Å². The summed E-state index contributed by atoms with van der Waals surface area (Å²) in [6, 6.07) is 20.0. The standard InChI is InChI=1S/C27H38N4O2/c1-30(2)21-25(32)29-17-10-5-11-18-31-19-16-24(20-31)27(26(28)33,22-12-6-3-7-13-22)23-14-8-4-9-15-23/h3-4,6-9,12-15,24H,5,10-11,16-21H2,1-2H3,(H2,28,33)(H,29,32)/t24-/m1/s1. The van der Waals surface area contributed by atoms with Crippen LogP contribution in [0.25, 0.3) is 0 Å². The molecule has 6 heteroatoms. The predicted octanol–water partition coefficient (Wildman–Crippen LogP) is 2.63. The maximum absolute atomic E-state index is 13.1. The summed E-state index contributed by atoms with van der Waals surface area (Å²) in [6.45, 7) is 3.98. The molecule has 33 heavy (non-hydrogen) atoms. The third-order valence-corrected chi connectivity index (χ3v) is 6.66. The van der Waals surface area contributed by atoms with E-state index in [-0.39, 0.29) is 17.7 Å². The van der Waals surface area contributed by atoms with Gasteiger partial charge in [-0.2, -0.15) is 0 Å². The Morgan fingerprint density at radius 1 is 1.00 bits per heavy atom. The van der Waals surface area contributed by atoms with Gasteiger partial charge in [-0.3, -0.25) is 9.59 Å². The fourth-order valence-electron chi connectivity index (χ4n) is 5.12. The van der Waals surface area contributed by atoms with E-state index in [9.17, 15) is 9.59 Å². The van der Waals surface area contributed by atoms with E-state index < -0.39 is 5.41 Å². The molecule has 1 saturated heterocycles. The van der Waals surface area contributed by atoms with Gasteiger partial charge in [-0.05, 0) is 63.5 Å². The number of hydrogen-bond donors (Lipinski definition) is 2. The summed E-state index contributed by atoms with van der Waals surface area (Å²) in [6.07, 6.45) is 4.07. The Labute approximate surface area is 198 Å². The van der Waals surface area contributed by atoms with Crippen molar-refractivity contribution in [1.82, 2.24) is 15.1 Å². The molecule has 2 aromatic rings. The molecule has 2 amide bonds. The second-order valence-corrected chi connectivity index (χ2v) is 9.34. The third-order valence-electron chi connectivity index (χ3n) is 6.66. The van der Waals surface area contributed by atoms with Gasteiger partial charge >= 0.3 is 0 Å². The number of nitrogens with two attached hydrogens (primary N) is 1. The minimum atomic E-state index is -0.825. The normalized spacial score (nSPS) is 16.8. The molecule has 1 aliphatic rings. The van der Waals surface area contributed by atoms with E-state index in [1.54, 1.807) is 0 Å². The van der Waals surface area contributed by atoms with Crippen molar-refractivity contribution in [2.24, 2.45) is 11.7 Å². The van der Waals surface area contributed by atoms with Crippen molar-refractivity contribution in [3.63, 3.8) is 0 Å². The number of carbonyl (C=O) groups is 2. The van der Waals surface area contributed by atoms with Gasteiger partial charge < -0.3 is 20.9 Å². The minimum absolute atomic E-state index is 0.0759. The quantitative estimate of drug-likeness (QED) is 0.487. The highest BCUT2D eigenvalue weighted by Gasteiger charge is 2.49. The molecule has 0 saturated carbocycles. The lowest BCUT2D eigenvalue weighted by atomic mass is 9.64. The highest BCUT2D eigenvalue weighted by Crippen LogP contribution is 2.43. The molecule has 2 aromatic carbocycles. The van der Waals surface area contributed by atoms with E-state index in [0.717, 1.165) is 63.0 Å². The molecular formula is C27H38N4O2. The summed E-state index contributed by atoms with van der Waals surface area (Å²) < 4.78 is 0. The maximum atomic E-state index is 13.1. The first kappa shape index (κ1) is 24.9. The first-order valence-corrected chi connectivity index (χ1v) is 12.0. The van der Waals surface area contributed by atoms with Crippen molar-refractivity contribution in [2.75, 3.05) is 46.8 Å². The number of hydrogen-bond acceptors (Lipinski definition) is 4. The number of benzene rings is 2. The van der Waals surface area contributed by atoms with Gasteiger partial charge in [0.25, 0.3) is 0 Å². The Morgan fingerprint density at radius 3 is 2.15 bits per heavy atom. The molecule has 1 aliphatic heterocycles. The van der Waals surface area contributed by atoms with Gasteiger partial charge in [0.1, 0.15) is 5.41 Å². The molecule has 0 radical (unpaired) electrons. The van der Waals surface area contributed by atoms with Gasteiger partial charge in [0, 0.05) is 13.1 Å². The Balaban J connectivity index is 1.60. The zero-order valence-electron chi connectivity index (χ0n) is 20.0. The number of likely N-dealkylation sites (tertiary alicyclic amines) is 1. The average molecular weight is 451 g/mol. The molecule has 1 heterocycles. The number of primary amides is 1. The largest absolute Gasteiger partial charge is 0.369 e. The zero-order valence-corrected chi connectivity index (χ0v) is 20.0. The maximum Gasteiger partial charge on any atom is 0.234 e. The molecule has 178 valence electrons. The molecule has 0 spiro atoms. The number of nitrogens with zero attached hydrogens (tertiary/aromatic N) is 2. The number of rotatable bonds is 12. The molecule has 3 N–H and O–H groups in total. The minimum Gasteiger partial charge on any atom is -0.369 e. The number of amides is 2. The highest BCUT2D eigenvalue weighted by molar-refractivity contribution is 5.91. The summed E-state index contributed by atoms with van der Waals surface area (Å²) in [5, 5.41) is 2.97. The topological polar surface area (TPSA) is 78.7 Å². The lowest BCUT2D eigenvalue weighted by Gasteiger charge is -2.37. The summed E-state index contributed by atoms with van der Waals surface area (Å²) in [5.41, 5.74) is 7.30. The predicted molar refractivity (Wildman–Crippen MR) is 133 cm³/mol. The van der Waals surface area contributed by atoms with Crippen LogP contribution >= 0.6 is 0 Å². The second kappa shape index (κ2) is 12.0. The van der Waals surface area contributed by atoms with Crippen LogP contribution in [0.4, 0.5) is 0 Å². The average Bonchev–Trinajstić information content (AvgIpc) is 3.26. The van der Waals surface area contributed by atoms with Crippen LogP contribution in [0, 0.1) is 5.92 Å². The van der Waals surface area contributed by atoms with Crippen molar-refractivity contribution < 1.29 is 9.59 Å². The van der Waals surface area contributed by atoms with Crippen LogP contribution in [0.15, 0.2) is 60.7 Å². The van der Waals surface area contributed by atoms with Gasteiger partial charge in [0.2, 0.25) is 11.8 Å². The van der Waals surface area contributed by atoms with Crippen LogP contribution in [0.1, 0.15) is 36.8 Å². The number of likely N-dealkylation sites (N-methyl/N-ethyl adjacent to an activating group) is 1. The molecule has 1 atom stereocenters. The van der Waals surface area contributed by atoms with Crippen LogP contribution in [0.5, 0.6) is 0 Å². The number of nitrogens with one attached hydrogen (secondary N) is 1. The molecular weight excluding hydrogens is 412 g/mol. The van der Waals surface area contributed by atoms with Crippen molar-refractivity contribution in [1.29, 1.82) is 0 Å². The van der Waals surface area contributed by atoms with Crippen molar-refractivity contribution in [3.05, 3.63) is 71.8 Å². The van der Waals surface area contributed by atoms with Crippen molar-refractivity contribution in [3.8, 4) is 0 Å². The van der Waals surface area contributed by atoms with E-state index in [4.69, 9.17) is 5.73 Å². The van der Waals surface area contributed by atoms with Crippen molar-refractivity contribution in [2.45, 2.75) is 31.1 Å². The van der Waals surface area contributed by atoms with E-state index in [1.165, 1.54) is 0 Å². The molecule has 0 bridgehead atoms. The summed E-state index contributed by atoms with van der Waals surface area (Å²) in [7, 11) is 3.79. The summed E-state index contributed by atoms with van der Waals surface area (Å²) in [5.74, 6) is -0.0719. The van der Waals surface area contributed by atoms with E-state index in [0.29, 0.717) is 6.54 Å². The summed E-state index contributed by atoms with van der Waals surface area (Å²) >= 11 is 0. The van der Waals surface area contributed by atoms with Gasteiger partial charge in [-0.25, -0.2) is 0 Å². The molecule has 0 aromatic heterocycles. The summed E-state index contributed by atoms with van der Waals surface area (Å²) in [4.78, 5) is 29.2. The zero-order chi connectivity index (χ0) is 23.7.